The van der Waals surface area contributed by atoms with Crippen LogP contribution in [0.3, 0.4) is 0 Å². The van der Waals surface area contributed by atoms with E-state index in [0.717, 1.165) is 4.90 Å². The van der Waals surface area contributed by atoms with Gasteiger partial charge in [0.25, 0.3) is 10.0 Å². The second-order valence-corrected chi connectivity index (χ2v) is 8.29. The first-order valence-electron chi connectivity index (χ1n) is 7.36. The predicted molar refractivity (Wildman–Crippen MR) is 86.4 cm³/mol. The number of carbonyl (C=O) groups excluding carboxylic acids is 1. The molecule has 0 saturated carbocycles. The number of urea groups is 1. The summed E-state index contributed by atoms with van der Waals surface area (Å²) in [5, 5.41) is 0.542. The van der Waals surface area contributed by atoms with E-state index in [1.165, 1.54) is 24.5 Å². The monoisotopic (exact) mass is 405 g/mol. The fraction of sp³-hybridized carbons (Fsp3) is 0.417. The van der Waals surface area contributed by atoms with Crippen molar-refractivity contribution in [3.05, 3.63) is 24.5 Å². The minimum Gasteiger partial charge on any atom is -0.385 e. The highest BCUT2D eigenvalue weighted by molar-refractivity contribution is 7.90. The lowest BCUT2D eigenvalue weighted by Gasteiger charge is -2.29. The fourth-order valence-corrected chi connectivity index (χ4v) is 4.26. The average molecular weight is 405 g/mol. The molecule has 1 aromatic heterocycles. The molecule has 0 spiro atoms. The summed E-state index contributed by atoms with van der Waals surface area (Å²) in [7, 11) is -8.95. The molecule has 0 radical (unpaired) electrons. The Hall–Kier alpha value is -2.29. The molecule has 142 valence electrons. The lowest BCUT2D eigenvalue weighted by molar-refractivity contribution is -0.0316. The highest BCUT2D eigenvalue weighted by Crippen LogP contribution is 2.31. The lowest BCUT2D eigenvalue weighted by Crippen LogP contribution is -2.48. The highest BCUT2D eigenvalue weighted by atomic mass is 32.3. The molecule has 2 aliphatic rings. The number of rotatable bonds is 5. The van der Waals surface area contributed by atoms with Gasteiger partial charge >= 0.3 is 16.4 Å². The molecule has 2 amide bonds. The van der Waals surface area contributed by atoms with Crippen molar-refractivity contribution in [2.45, 2.75) is 29.8 Å². The van der Waals surface area contributed by atoms with Crippen molar-refractivity contribution >= 4 is 32.3 Å². The zero-order chi connectivity index (χ0) is 19.1. The van der Waals surface area contributed by atoms with Gasteiger partial charge < -0.3 is 10.6 Å². The van der Waals surface area contributed by atoms with Crippen LogP contribution in [-0.2, 0) is 24.7 Å². The molecular formula is C12H15N5O7S2. The Morgan fingerprint density at radius 1 is 1.27 bits per heavy atom. The normalized spacial score (nSPS) is 24.2. The molecule has 2 saturated heterocycles. The van der Waals surface area contributed by atoms with Crippen molar-refractivity contribution in [1.82, 2.24) is 14.9 Å². The van der Waals surface area contributed by atoms with Gasteiger partial charge in [-0.1, -0.05) is 0 Å². The molecule has 3 rings (SSSR count). The molecule has 2 atom stereocenters. The highest BCUT2D eigenvalue weighted by Gasteiger charge is 2.48. The number of amides is 2. The van der Waals surface area contributed by atoms with E-state index >= 15 is 0 Å². The van der Waals surface area contributed by atoms with Gasteiger partial charge in [0.15, 0.2) is 0 Å². The molecule has 3 N–H and O–H groups in total. The van der Waals surface area contributed by atoms with Gasteiger partial charge in [0, 0.05) is 18.9 Å². The third-order valence-electron chi connectivity index (χ3n) is 4.01. The van der Waals surface area contributed by atoms with Crippen molar-refractivity contribution < 1.29 is 30.5 Å². The van der Waals surface area contributed by atoms with Gasteiger partial charge in [0.1, 0.15) is 5.84 Å². The van der Waals surface area contributed by atoms with Crippen LogP contribution in [0.25, 0.3) is 0 Å². The molecule has 0 aliphatic carbocycles. The number of aromatic nitrogens is 1. The van der Waals surface area contributed by atoms with Crippen LogP contribution in [-0.4, -0.2) is 66.8 Å². The first-order chi connectivity index (χ1) is 12.1. The Bertz CT molecular complexity index is 947. The van der Waals surface area contributed by atoms with Crippen molar-refractivity contribution in [3.8, 4) is 0 Å². The molecule has 0 unspecified atom stereocenters. The third-order valence-corrected chi connectivity index (χ3v) is 5.68. The summed E-state index contributed by atoms with van der Waals surface area (Å²) in [6.07, 6.45) is 3.12. The van der Waals surface area contributed by atoms with E-state index in [2.05, 4.69) is 13.7 Å². The maximum absolute atomic E-state index is 12.3. The second kappa shape index (κ2) is 6.46. The molecule has 3 heterocycles. The largest absolute Gasteiger partial charge is 0.418 e. The number of carbonyl (C=O) groups is 1. The Morgan fingerprint density at radius 2 is 1.92 bits per heavy atom. The number of hydrogen-bond acceptors (Lipinski definition) is 7. The van der Waals surface area contributed by atoms with Gasteiger partial charge in [-0.15, -0.1) is 8.68 Å². The molecule has 14 heteroatoms. The first kappa shape index (κ1) is 18.5. The molecule has 2 bridgehead atoms. The number of sulfonamides is 1. The van der Waals surface area contributed by atoms with Crippen LogP contribution in [0.15, 0.2) is 33.8 Å². The number of amidine groups is 1. The summed E-state index contributed by atoms with van der Waals surface area (Å²) in [5.74, 6) is -0.303. The molecular weight excluding hydrogens is 390 g/mol. The average Bonchev–Trinajstić information content (AvgIpc) is 2.79. The molecule has 12 nitrogen and oxygen atoms in total. The van der Waals surface area contributed by atoms with E-state index in [1.54, 1.807) is 0 Å². The predicted octanol–water partition coefficient (Wildman–Crippen LogP) is -0.869. The number of pyridine rings is 1. The van der Waals surface area contributed by atoms with Crippen molar-refractivity contribution in [1.29, 1.82) is 0 Å². The summed E-state index contributed by atoms with van der Waals surface area (Å²) in [6, 6.07) is 0.211. The minimum absolute atomic E-state index is 0.0601. The van der Waals surface area contributed by atoms with Gasteiger partial charge in [-0.25, -0.2) is 4.79 Å². The molecule has 1 aromatic rings. The van der Waals surface area contributed by atoms with Gasteiger partial charge in [0.05, 0.1) is 17.0 Å². The van der Waals surface area contributed by atoms with Crippen molar-refractivity contribution in [2.75, 3.05) is 6.54 Å². The summed E-state index contributed by atoms with van der Waals surface area (Å²) >= 11 is 0. The molecule has 0 aromatic carbocycles. The Balaban J connectivity index is 1.84. The summed E-state index contributed by atoms with van der Waals surface area (Å²) < 4.78 is 62.9. The molecule has 2 fully saturated rings. The van der Waals surface area contributed by atoms with Crippen LogP contribution < -0.4 is 5.73 Å². The van der Waals surface area contributed by atoms with Crippen molar-refractivity contribution in [2.24, 2.45) is 10.1 Å². The number of nitrogens with zero attached hydrogens (tertiary/aromatic N) is 4. The van der Waals surface area contributed by atoms with Gasteiger partial charge in [-0.3, -0.25) is 9.54 Å². The van der Waals surface area contributed by atoms with Crippen LogP contribution in [0.2, 0.25) is 0 Å². The van der Waals surface area contributed by atoms with Crippen LogP contribution in [0.4, 0.5) is 4.79 Å². The van der Waals surface area contributed by atoms with Crippen LogP contribution in [0, 0.1) is 0 Å². The van der Waals surface area contributed by atoms with E-state index in [4.69, 9.17) is 10.3 Å². The van der Waals surface area contributed by atoms with E-state index in [9.17, 15) is 21.6 Å². The van der Waals surface area contributed by atoms with Gasteiger partial charge in [-0.2, -0.15) is 21.9 Å². The molecule has 26 heavy (non-hydrogen) atoms. The van der Waals surface area contributed by atoms with Crippen LogP contribution >= 0.6 is 0 Å². The smallest absolute Gasteiger partial charge is 0.385 e. The second-order valence-electron chi connectivity index (χ2n) is 5.68. The maximum Gasteiger partial charge on any atom is 0.418 e. The van der Waals surface area contributed by atoms with E-state index in [1.807, 2.05) is 0 Å². The number of nitrogens with two attached hydrogens (primary N) is 1. The number of hydroxylamine groups is 2. The van der Waals surface area contributed by atoms with E-state index in [-0.39, 0.29) is 30.1 Å². The lowest BCUT2D eigenvalue weighted by atomic mass is 10.0. The van der Waals surface area contributed by atoms with Crippen molar-refractivity contribution in [3.63, 3.8) is 0 Å². The Labute approximate surface area is 149 Å². The number of hydrogen-bond donors (Lipinski definition) is 2. The fourth-order valence-electron chi connectivity index (χ4n) is 2.90. The standard InChI is InChI=1S/C12H15N5O7S2/c13-11(15-25(19,20)9-3-5-14-6-4-9)10-2-1-8-7-16(10)12(18)17(8)24-26(21,22)23/h3-6,8,10H,1-2,7H2,(H2,13,15)(H,21,22,23)/t8-,10+/m1/s1. The zero-order valence-corrected chi connectivity index (χ0v) is 14.8. The molecule has 2 aliphatic heterocycles. The first-order valence-corrected chi connectivity index (χ1v) is 10.2. The zero-order valence-electron chi connectivity index (χ0n) is 13.2. The van der Waals surface area contributed by atoms with Crippen LogP contribution in [0.1, 0.15) is 12.8 Å². The topological polar surface area (TPSA) is 173 Å². The SMILES string of the molecule is NC(=NS(=O)(=O)c1ccncc1)[C@@H]1CC[C@@H]2CN1C(=O)N2OS(=O)(=O)O. The summed E-state index contributed by atoms with van der Waals surface area (Å²) in [4.78, 5) is 17.1. The van der Waals surface area contributed by atoms with E-state index < -0.39 is 38.5 Å². The quantitative estimate of drug-likeness (QED) is 0.358. The Kier molecular flexibility index (Phi) is 4.60. The van der Waals surface area contributed by atoms with Gasteiger partial charge in [0.2, 0.25) is 0 Å². The van der Waals surface area contributed by atoms with E-state index in [0.29, 0.717) is 5.06 Å². The summed E-state index contributed by atoms with van der Waals surface area (Å²) in [6.45, 7) is 0.0601. The summed E-state index contributed by atoms with van der Waals surface area (Å²) in [5.41, 5.74) is 5.83. The van der Waals surface area contributed by atoms with Crippen LogP contribution in [0.5, 0.6) is 0 Å². The third kappa shape index (κ3) is 3.62. The maximum atomic E-state index is 12.3. The Morgan fingerprint density at radius 3 is 2.54 bits per heavy atom. The van der Waals surface area contributed by atoms with Gasteiger partial charge in [-0.05, 0) is 25.0 Å². The minimum atomic E-state index is -4.87. The number of piperidine rings is 1. The number of fused-ring (bicyclic) bond motifs is 2.